The second kappa shape index (κ2) is 3.85. The highest BCUT2D eigenvalue weighted by Gasteiger charge is 2.14. The molecule has 82 valence electrons. The number of carbonyl (C=O) groups is 1. The Bertz CT molecular complexity index is 541. The lowest BCUT2D eigenvalue weighted by molar-refractivity contribution is 0.103. The monoisotopic (exact) mass is 215 g/mol. The fourth-order valence-corrected chi connectivity index (χ4v) is 1.62. The fourth-order valence-electron chi connectivity index (χ4n) is 1.62. The largest absolute Gasteiger partial charge is 0.507 e. The Balaban J connectivity index is 2.45. The first-order valence-electron chi connectivity index (χ1n) is 5.04. The highest BCUT2D eigenvalue weighted by Crippen LogP contribution is 2.21. The predicted molar refractivity (Wildman–Crippen MR) is 61.7 cm³/mol. The summed E-state index contributed by atoms with van der Waals surface area (Å²) in [5.41, 5.74) is 1.90. The number of phenols is 1. The van der Waals surface area contributed by atoms with Crippen molar-refractivity contribution in [2.45, 2.75) is 6.92 Å². The van der Waals surface area contributed by atoms with Gasteiger partial charge in [-0.05, 0) is 25.1 Å². The van der Waals surface area contributed by atoms with Crippen LogP contribution in [-0.4, -0.2) is 15.5 Å². The van der Waals surface area contributed by atoms with Crippen LogP contribution in [0.4, 0.5) is 0 Å². The molecule has 0 bridgehead atoms. The van der Waals surface area contributed by atoms with Gasteiger partial charge in [-0.25, -0.2) is 0 Å². The zero-order valence-electron chi connectivity index (χ0n) is 9.27. The van der Waals surface area contributed by atoms with Crippen LogP contribution in [0, 0.1) is 6.92 Å². The summed E-state index contributed by atoms with van der Waals surface area (Å²) in [5, 5.41) is 9.65. The molecule has 0 saturated carbocycles. The molecule has 0 aliphatic rings. The van der Waals surface area contributed by atoms with E-state index in [4.69, 9.17) is 0 Å². The molecule has 0 spiro atoms. The zero-order valence-corrected chi connectivity index (χ0v) is 9.27. The smallest absolute Gasteiger partial charge is 0.198 e. The molecule has 1 aromatic heterocycles. The Morgan fingerprint density at radius 2 is 2.06 bits per heavy atom. The van der Waals surface area contributed by atoms with Crippen LogP contribution in [0.1, 0.15) is 21.5 Å². The number of hydrogen-bond acceptors (Lipinski definition) is 2. The molecule has 3 heteroatoms. The number of benzene rings is 1. The number of carbonyl (C=O) groups excluding carboxylic acids is 1. The highest BCUT2D eigenvalue weighted by atomic mass is 16.3. The van der Waals surface area contributed by atoms with Gasteiger partial charge >= 0.3 is 0 Å². The molecular weight excluding hydrogens is 202 g/mol. The summed E-state index contributed by atoms with van der Waals surface area (Å²) >= 11 is 0. The minimum atomic E-state index is -0.151. The second-order valence-corrected chi connectivity index (χ2v) is 3.92. The van der Waals surface area contributed by atoms with Crippen molar-refractivity contribution in [1.82, 2.24) is 4.57 Å². The maximum absolute atomic E-state index is 12.1. The summed E-state index contributed by atoms with van der Waals surface area (Å²) in [6.07, 6.45) is 3.55. The molecule has 3 nitrogen and oxygen atoms in total. The van der Waals surface area contributed by atoms with Gasteiger partial charge in [0, 0.05) is 25.0 Å². The quantitative estimate of drug-likeness (QED) is 0.781. The Labute approximate surface area is 94.0 Å². The fraction of sp³-hybridized carbons (Fsp3) is 0.154. The van der Waals surface area contributed by atoms with E-state index in [1.165, 1.54) is 0 Å². The molecule has 0 saturated heterocycles. The zero-order chi connectivity index (χ0) is 11.7. The van der Waals surface area contributed by atoms with Gasteiger partial charge in [0.05, 0.1) is 5.56 Å². The molecule has 0 aliphatic carbocycles. The Morgan fingerprint density at radius 3 is 2.69 bits per heavy atom. The Hall–Kier alpha value is -2.03. The van der Waals surface area contributed by atoms with E-state index in [9.17, 15) is 9.90 Å². The summed E-state index contributed by atoms with van der Waals surface area (Å²) in [6.45, 7) is 1.89. The van der Waals surface area contributed by atoms with Crippen LogP contribution in [0.25, 0.3) is 0 Å². The van der Waals surface area contributed by atoms with Crippen molar-refractivity contribution < 1.29 is 9.90 Å². The van der Waals surface area contributed by atoms with E-state index in [1.54, 1.807) is 41.2 Å². The van der Waals surface area contributed by atoms with Gasteiger partial charge in [-0.3, -0.25) is 4.79 Å². The molecule has 0 amide bonds. The number of hydrogen-bond donors (Lipinski definition) is 1. The van der Waals surface area contributed by atoms with E-state index in [1.807, 2.05) is 14.0 Å². The molecule has 0 radical (unpaired) electrons. The van der Waals surface area contributed by atoms with E-state index in [-0.39, 0.29) is 11.5 Å². The maximum Gasteiger partial charge on any atom is 0.198 e. The van der Waals surface area contributed by atoms with Gasteiger partial charge in [0.1, 0.15) is 5.75 Å². The van der Waals surface area contributed by atoms with Gasteiger partial charge in [0.25, 0.3) is 0 Å². The van der Waals surface area contributed by atoms with E-state index in [0.29, 0.717) is 11.1 Å². The lowest BCUT2D eigenvalue weighted by Gasteiger charge is -2.03. The molecule has 16 heavy (non-hydrogen) atoms. The minimum Gasteiger partial charge on any atom is -0.507 e. The van der Waals surface area contributed by atoms with Crippen LogP contribution in [0.2, 0.25) is 0 Å². The lowest BCUT2D eigenvalue weighted by Crippen LogP contribution is -2.00. The van der Waals surface area contributed by atoms with Crippen LogP contribution in [0.15, 0.2) is 36.7 Å². The second-order valence-electron chi connectivity index (χ2n) is 3.92. The summed E-state index contributed by atoms with van der Waals surface area (Å²) in [5.74, 6) is -0.124. The molecule has 0 unspecified atom stereocenters. The van der Waals surface area contributed by atoms with E-state index >= 15 is 0 Å². The van der Waals surface area contributed by atoms with Crippen molar-refractivity contribution in [2.24, 2.45) is 7.05 Å². The summed E-state index contributed by atoms with van der Waals surface area (Å²) in [6, 6.07) is 6.76. The predicted octanol–water partition coefficient (Wildman–Crippen LogP) is 2.27. The average molecular weight is 215 g/mol. The van der Waals surface area contributed by atoms with Gasteiger partial charge in [0.15, 0.2) is 5.78 Å². The van der Waals surface area contributed by atoms with Crippen molar-refractivity contribution in [2.75, 3.05) is 0 Å². The van der Waals surface area contributed by atoms with Gasteiger partial charge in [-0.15, -0.1) is 0 Å². The summed E-state index contributed by atoms with van der Waals surface area (Å²) < 4.78 is 1.81. The first kappa shape index (κ1) is 10.5. The first-order valence-corrected chi connectivity index (χ1v) is 5.04. The van der Waals surface area contributed by atoms with Crippen molar-refractivity contribution in [3.63, 3.8) is 0 Å². The first-order chi connectivity index (χ1) is 7.58. The third-order valence-corrected chi connectivity index (χ3v) is 2.49. The molecule has 1 N–H and O–H groups in total. The third kappa shape index (κ3) is 1.84. The molecule has 0 fully saturated rings. The van der Waals surface area contributed by atoms with Crippen LogP contribution in [0.3, 0.4) is 0 Å². The molecule has 0 atom stereocenters. The lowest BCUT2D eigenvalue weighted by atomic mass is 10.0. The third-order valence-electron chi connectivity index (χ3n) is 2.49. The number of phenolic OH excluding ortho intramolecular Hbond substituents is 1. The standard InChI is InChI=1S/C13H13NO2/c1-9-3-4-12(15)11(7-9)13(16)10-5-6-14(2)8-10/h3-8,15H,1-2H3. The minimum absolute atomic E-state index is 0.0273. The van der Waals surface area contributed by atoms with E-state index in [2.05, 4.69) is 0 Å². The average Bonchev–Trinajstić information content (AvgIpc) is 2.67. The maximum atomic E-state index is 12.1. The van der Waals surface area contributed by atoms with Crippen molar-refractivity contribution >= 4 is 5.78 Å². The van der Waals surface area contributed by atoms with Crippen molar-refractivity contribution in [3.05, 3.63) is 53.3 Å². The van der Waals surface area contributed by atoms with Gasteiger partial charge in [0.2, 0.25) is 0 Å². The molecular formula is C13H13NO2. The highest BCUT2D eigenvalue weighted by molar-refractivity contribution is 6.10. The molecule has 1 heterocycles. The number of aryl methyl sites for hydroxylation is 2. The van der Waals surface area contributed by atoms with Gasteiger partial charge < -0.3 is 9.67 Å². The van der Waals surface area contributed by atoms with Crippen LogP contribution >= 0.6 is 0 Å². The number of aromatic nitrogens is 1. The summed E-state index contributed by atoms with van der Waals surface area (Å²) in [7, 11) is 1.85. The molecule has 2 aromatic rings. The van der Waals surface area contributed by atoms with Gasteiger partial charge in [-0.1, -0.05) is 11.6 Å². The number of ketones is 1. The Kier molecular flexibility index (Phi) is 2.52. The number of nitrogens with zero attached hydrogens (tertiary/aromatic N) is 1. The number of rotatable bonds is 2. The number of aromatic hydroxyl groups is 1. The van der Waals surface area contributed by atoms with Crippen molar-refractivity contribution in [3.8, 4) is 5.75 Å². The van der Waals surface area contributed by atoms with Crippen LogP contribution < -0.4 is 0 Å². The van der Waals surface area contributed by atoms with Crippen LogP contribution in [0.5, 0.6) is 5.75 Å². The molecule has 1 aromatic carbocycles. The van der Waals surface area contributed by atoms with Crippen LogP contribution in [-0.2, 0) is 7.05 Å². The van der Waals surface area contributed by atoms with E-state index < -0.39 is 0 Å². The molecule has 0 aliphatic heterocycles. The Morgan fingerprint density at radius 1 is 1.31 bits per heavy atom. The summed E-state index contributed by atoms with van der Waals surface area (Å²) in [4.78, 5) is 12.1. The van der Waals surface area contributed by atoms with Gasteiger partial charge in [-0.2, -0.15) is 0 Å². The van der Waals surface area contributed by atoms with E-state index in [0.717, 1.165) is 5.56 Å². The topological polar surface area (TPSA) is 42.2 Å². The SMILES string of the molecule is Cc1ccc(O)c(C(=O)c2ccn(C)c2)c1. The molecule has 2 rings (SSSR count). The van der Waals surface area contributed by atoms with Crippen molar-refractivity contribution in [1.29, 1.82) is 0 Å². The normalized spacial score (nSPS) is 10.4.